The number of imidazole rings is 1. The van der Waals surface area contributed by atoms with Crippen molar-refractivity contribution in [2.45, 2.75) is 44.7 Å². The number of rotatable bonds is 8. The maximum Gasteiger partial charge on any atom is 0.317 e. The lowest BCUT2D eigenvalue weighted by Gasteiger charge is -2.17. The molecule has 30 heavy (non-hydrogen) atoms. The fourth-order valence-corrected chi connectivity index (χ4v) is 4.18. The summed E-state index contributed by atoms with van der Waals surface area (Å²) in [6.45, 7) is 9.44. The predicted octanol–water partition coefficient (Wildman–Crippen LogP) is 5.91. The zero-order chi connectivity index (χ0) is 22.1. The van der Waals surface area contributed by atoms with Crippen LogP contribution in [0.3, 0.4) is 0 Å². The Labute approximate surface area is 178 Å². The normalized spacial score (nSPS) is 12.0. The maximum atomic E-state index is 13.8. The first-order chi connectivity index (χ1) is 14.0. The Hall–Kier alpha value is -2.45. The number of hydrogen-bond donors (Lipinski definition) is 2. The summed E-state index contributed by atoms with van der Waals surface area (Å²) in [5, 5.41) is 3.79. The van der Waals surface area contributed by atoms with E-state index in [2.05, 4.69) is 30.7 Å². The van der Waals surface area contributed by atoms with E-state index in [-0.39, 0.29) is 5.82 Å². The van der Waals surface area contributed by atoms with Crippen molar-refractivity contribution >= 4 is 28.5 Å². The standard InChI is InChI=1S/C22H25F3N4S/c1-13(2)9-16-5-6-17(23)10-19(16)28-15(4)30-20-8-7-18-21(14(20)3)29(12-27-18)11-22(24,25)26/h5-8,10,12-13,28H,4,9,11,26H2,1-3H3. The number of nitrogens with two attached hydrogens (primary N) is 1. The molecule has 0 aliphatic carbocycles. The zero-order valence-corrected chi connectivity index (χ0v) is 18.0. The molecule has 0 fully saturated rings. The molecule has 2 aromatic carbocycles. The van der Waals surface area contributed by atoms with Crippen molar-refractivity contribution in [3.8, 4) is 0 Å². The molecule has 0 saturated carbocycles. The molecule has 1 aromatic heterocycles. The average Bonchev–Trinajstić information content (AvgIpc) is 3.01. The zero-order valence-electron chi connectivity index (χ0n) is 17.2. The number of nitrogens with one attached hydrogen (secondary N) is 1. The van der Waals surface area contributed by atoms with Crippen molar-refractivity contribution in [3.63, 3.8) is 0 Å². The molecule has 0 unspecified atom stereocenters. The second kappa shape index (κ2) is 8.73. The Bertz CT molecular complexity index is 1070. The topological polar surface area (TPSA) is 55.9 Å². The van der Waals surface area contributed by atoms with Gasteiger partial charge < -0.3 is 9.88 Å². The van der Waals surface area contributed by atoms with Gasteiger partial charge in [-0.3, -0.25) is 5.73 Å². The minimum absolute atomic E-state index is 0.327. The Morgan fingerprint density at radius 2 is 2.03 bits per heavy atom. The first-order valence-corrected chi connectivity index (χ1v) is 10.4. The van der Waals surface area contributed by atoms with Crippen molar-refractivity contribution in [2.75, 3.05) is 5.32 Å². The summed E-state index contributed by atoms with van der Waals surface area (Å²) in [6, 6.07) is 4.99. The molecule has 0 bridgehead atoms. The first kappa shape index (κ1) is 22.2. The summed E-state index contributed by atoms with van der Waals surface area (Å²) in [4.78, 5) is 5.02. The number of fused-ring (bicyclic) bond motifs is 1. The number of benzene rings is 2. The Kier molecular flexibility index (Phi) is 6.47. The maximum absolute atomic E-state index is 13.8. The van der Waals surface area contributed by atoms with Gasteiger partial charge in [0, 0.05) is 10.6 Å². The quantitative estimate of drug-likeness (QED) is 0.342. The molecule has 3 rings (SSSR count). The van der Waals surface area contributed by atoms with E-state index in [0.717, 1.165) is 22.4 Å². The molecular formula is C22H25F3N4S. The van der Waals surface area contributed by atoms with Gasteiger partial charge in [-0.05, 0) is 54.7 Å². The fraction of sp³-hybridized carbons (Fsp3) is 0.318. The van der Waals surface area contributed by atoms with Crippen molar-refractivity contribution in [2.24, 2.45) is 11.7 Å². The van der Waals surface area contributed by atoms with Gasteiger partial charge in [0.15, 0.2) is 0 Å². The largest absolute Gasteiger partial charge is 0.350 e. The lowest BCUT2D eigenvalue weighted by molar-refractivity contribution is -0.00851. The monoisotopic (exact) mass is 434 g/mol. The van der Waals surface area contributed by atoms with Crippen molar-refractivity contribution in [1.82, 2.24) is 9.55 Å². The van der Waals surface area contributed by atoms with Crippen LogP contribution in [0.25, 0.3) is 11.0 Å². The van der Waals surface area contributed by atoms with Gasteiger partial charge in [-0.2, -0.15) is 8.78 Å². The van der Waals surface area contributed by atoms with Crippen molar-refractivity contribution in [1.29, 1.82) is 0 Å². The third kappa shape index (κ3) is 5.37. The molecular weight excluding hydrogens is 409 g/mol. The molecule has 0 radical (unpaired) electrons. The van der Waals surface area contributed by atoms with Gasteiger partial charge in [-0.25, -0.2) is 9.37 Å². The van der Waals surface area contributed by atoms with E-state index in [4.69, 9.17) is 5.73 Å². The number of anilines is 1. The molecule has 0 amide bonds. The number of nitrogens with zero attached hydrogens (tertiary/aromatic N) is 2. The van der Waals surface area contributed by atoms with E-state index in [9.17, 15) is 13.2 Å². The van der Waals surface area contributed by atoms with E-state index in [1.54, 1.807) is 12.1 Å². The van der Waals surface area contributed by atoms with Gasteiger partial charge in [-0.15, -0.1) is 0 Å². The highest BCUT2D eigenvalue weighted by Crippen LogP contribution is 2.34. The predicted molar refractivity (Wildman–Crippen MR) is 117 cm³/mol. The fourth-order valence-electron chi connectivity index (χ4n) is 3.37. The second-order valence-electron chi connectivity index (χ2n) is 7.74. The van der Waals surface area contributed by atoms with Crippen LogP contribution in [0.1, 0.15) is 25.0 Å². The Balaban J connectivity index is 1.85. The third-order valence-corrected chi connectivity index (χ3v) is 5.58. The van der Waals surface area contributed by atoms with Gasteiger partial charge in [-0.1, -0.05) is 38.3 Å². The summed E-state index contributed by atoms with van der Waals surface area (Å²) in [5.41, 5.74) is 8.58. The van der Waals surface area contributed by atoms with Crippen LogP contribution in [-0.4, -0.2) is 15.6 Å². The number of thioether (sulfide) groups is 1. The molecule has 0 atom stereocenters. The highest BCUT2D eigenvalue weighted by atomic mass is 32.2. The smallest absolute Gasteiger partial charge is 0.317 e. The molecule has 0 aliphatic rings. The van der Waals surface area contributed by atoms with Gasteiger partial charge in [0.2, 0.25) is 0 Å². The third-order valence-electron chi connectivity index (χ3n) is 4.57. The molecule has 3 N–H and O–H groups in total. The number of hydrogen-bond acceptors (Lipinski definition) is 4. The van der Waals surface area contributed by atoms with Crippen LogP contribution in [0.5, 0.6) is 0 Å². The van der Waals surface area contributed by atoms with E-state index < -0.39 is 12.6 Å². The molecule has 160 valence electrons. The van der Waals surface area contributed by atoms with Crippen LogP contribution < -0.4 is 11.1 Å². The summed E-state index contributed by atoms with van der Waals surface area (Å²) < 4.78 is 41.8. The molecule has 8 heteroatoms. The van der Waals surface area contributed by atoms with Gasteiger partial charge in [0.25, 0.3) is 0 Å². The molecule has 0 saturated heterocycles. The first-order valence-electron chi connectivity index (χ1n) is 9.57. The second-order valence-corrected chi connectivity index (χ2v) is 8.88. The van der Waals surface area contributed by atoms with E-state index in [1.165, 1.54) is 34.8 Å². The molecule has 0 aliphatic heterocycles. The van der Waals surface area contributed by atoms with E-state index in [0.29, 0.717) is 27.7 Å². The minimum atomic E-state index is -3.33. The van der Waals surface area contributed by atoms with Crippen LogP contribution in [-0.2, 0) is 13.0 Å². The van der Waals surface area contributed by atoms with Gasteiger partial charge in [0.05, 0.1) is 22.4 Å². The van der Waals surface area contributed by atoms with Crippen molar-refractivity contribution in [3.05, 3.63) is 65.2 Å². The summed E-state index contributed by atoms with van der Waals surface area (Å²) in [5.74, 6) is 0.0922. The average molecular weight is 435 g/mol. The Morgan fingerprint density at radius 1 is 1.30 bits per heavy atom. The van der Waals surface area contributed by atoms with Crippen LogP contribution in [0.15, 0.2) is 53.2 Å². The van der Waals surface area contributed by atoms with Crippen molar-refractivity contribution < 1.29 is 13.2 Å². The number of aryl methyl sites for hydroxylation is 1. The van der Waals surface area contributed by atoms with Crippen LogP contribution in [0, 0.1) is 18.7 Å². The highest BCUT2D eigenvalue weighted by Gasteiger charge is 2.24. The number of aromatic nitrogens is 2. The molecule has 3 aromatic rings. The van der Waals surface area contributed by atoms with E-state index >= 15 is 0 Å². The summed E-state index contributed by atoms with van der Waals surface area (Å²) in [7, 11) is 0. The van der Waals surface area contributed by atoms with Crippen LogP contribution >= 0.6 is 11.8 Å². The van der Waals surface area contributed by atoms with Gasteiger partial charge >= 0.3 is 6.05 Å². The SMILES string of the molecule is C=C(Nc1cc(F)ccc1CC(C)C)Sc1ccc2ncn(CC(N)(F)F)c2c1C. The van der Waals surface area contributed by atoms with E-state index in [1.807, 2.05) is 13.0 Å². The molecule has 0 spiro atoms. The summed E-state index contributed by atoms with van der Waals surface area (Å²) >= 11 is 1.36. The lowest BCUT2D eigenvalue weighted by atomic mass is 10.0. The van der Waals surface area contributed by atoms with Crippen LogP contribution in [0.4, 0.5) is 18.9 Å². The summed E-state index contributed by atoms with van der Waals surface area (Å²) in [6.07, 6.45) is 2.17. The molecule has 1 heterocycles. The highest BCUT2D eigenvalue weighted by molar-refractivity contribution is 8.03. The van der Waals surface area contributed by atoms with Crippen LogP contribution in [0.2, 0.25) is 0 Å². The minimum Gasteiger partial charge on any atom is -0.350 e. The Morgan fingerprint density at radius 3 is 2.70 bits per heavy atom. The number of alkyl halides is 2. The molecule has 4 nitrogen and oxygen atoms in total. The van der Waals surface area contributed by atoms with Gasteiger partial charge in [0.1, 0.15) is 12.4 Å². The lowest BCUT2D eigenvalue weighted by Crippen LogP contribution is -2.33. The number of halogens is 3.